The van der Waals surface area contributed by atoms with E-state index in [2.05, 4.69) is 39.6 Å². The summed E-state index contributed by atoms with van der Waals surface area (Å²) in [5, 5.41) is 14.0. The summed E-state index contributed by atoms with van der Waals surface area (Å²) >= 11 is 5.34. The summed E-state index contributed by atoms with van der Waals surface area (Å²) in [5.41, 5.74) is 1.90. The van der Waals surface area contributed by atoms with Crippen molar-refractivity contribution in [2.24, 2.45) is 5.10 Å². The normalized spacial score (nSPS) is 11.3. The highest BCUT2D eigenvalue weighted by Gasteiger charge is 2.08. The molecule has 4 aromatic rings. The number of rotatable bonds is 5. The van der Waals surface area contributed by atoms with E-state index in [0.717, 1.165) is 16.9 Å². The Bertz CT molecular complexity index is 1160. The summed E-state index contributed by atoms with van der Waals surface area (Å²) in [6.07, 6.45) is 1.79. The lowest BCUT2D eigenvalue weighted by molar-refractivity contribution is 0.340. The van der Waals surface area contributed by atoms with Crippen LogP contribution in [0.2, 0.25) is 0 Å². The lowest BCUT2D eigenvalue weighted by atomic mass is 10.1. The van der Waals surface area contributed by atoms with E-state index < -0.39 is 0 Å². The molecule has 0 aliphatic heterocycles. The number of hydrogen-bond acceptors (Lipinski definition) is 4. The SMILES string of the molecule is CCOc1ccc(-c2n[nH]c(=S)n2/N=C\c2ccc3ccccc3c2)cc1. The monoisotopic (exact) mass is 374 g/mol. The molecule has 1 N–H and O–H groups in total. The van der Waals surface area contributed by atoms with Crippen LogP contribution in [0.1, 0.15) is 12.5 Å². The third kappa shape index (κ3) is 3.66. The molecule has 0 radical (unpaired) electrons. The average Bonchev–Trinajstić information content (AvgIpc) is 3.07. The van der Waals surface area contributed by atoms with Crippen molar-refractivity contribution in [3.05, 3.63) is 77.1 Å². The fourth-order valence-corrected chi connectivity index (χ4v) is 3.04. The first-order valence-corrected chi connectivity index (χ1v) is 9.09. The maximum Gasteiger partial charge on any atom is 0.216 e. The van der Waals surface area contributed by atoms with Crippen LogP contribution in [0.25, 0.3) is 22.2 Å². The van der Waals surface area contributed by atoms with Crippen molar-refractivity contribution < 1.29 is 4.74 Å². The van der Waals surface area contributed by atoms with Crippen molar-refractivity contribution in [2.75, 3.05) is 6.61 Å². The highest BCUT2D eigenvalue weighted by Crippen LogP contribution is 2.21. The van der Waals surface area contributed by atoms with E-state index in [4.69, 9.17) is 17.0 Å². The number of benzene rings is 3. The van der Waals surface area contributed by atoms with Crippen LogP contribution >= 0.6 is 12.2 Å². The number of nitrogens with zero attached hydrogens (tertiary/aromatic N) is 3. The molecule has 27 heavy (non-hydrogen) atoms. The number of nitrogens with one attached hydrogen (secondary N) is 1. The van der Waals surface area contributed by atoms with Crippen LogP contribution in [0.5, 0.6) is 5.75 Å². The number of fused-ring (bicyclic) bond motifs is 1. The number of H-pyrrole nitrogens is 1. The van der Waals surface area contributed by atoms with Gasteiger partial charge in [-0.05, 0) is 65.8 Å². The van der Waals surface area contributed by atoms with Crippen molar-refractivity contribution in [2.45, 2.75) is 6.92 Å². The first-order chi connectivity index (χ1) is 13.2. The zero-order valence-corrected chi connectivity index (χ0v) is 15.6. The van der Waals surface area contributed by atoms with E-state index in [1.165, 1.54) is 10.8 Å². The second kappa shape index (κ2) is 7.55. The molecule has 0 aliphatic carbocycles. The number of aromatic nitrogens is 3. The van der Waals surface area contributed by atoms with Crippen molar-refractivity contribution in [1.82, 2.24) is 14.9 Å². The molecular formula is C21H18N4OS. The second-order valence-electron chi connectivity index (χ2n) is 5.97. The zero-order chi connectivity index (χ0) is 18.6. The molecule has 5 nitrogen and oxygen atoms in total. The molecule has 0 fully saturated rings. The zero-order valence-electron chi connectivity index (χ0n) is 14.8. The van der Waals surface area contributed by atoms with Gasteiger partial charge in [-0.25, -0.2) is 5.10 Å². The van der Waals surface area contributed by atoms with Gasteiger partial charge in [0.1, 0.15) is 5.75 Å². The quantitative estimate of drug-likeness (QED) is 0.393. The third-order valence-electron chi connectivity index (χ3n) is 4.17. The summed E-state index contributed by atoms with van der Waals surface area (Å²) < 4.78 is 7.55. The van der Waals surface area contributed by atoms with E-state index in [1.807, 2.05) is 49.4 Å². The molecule has 0 amide bonds. The van der Waals surface area contributed by atoms with Gasteiger partial charge in [-0.3, -0.25) is 0 Å². The van der Waals surface area contributed by atoms with Crippen LogP contribution in [-0.4, -0.2) is 27.7 Å². The van der Waals surface area contributed by atoms with Gasteiger partial charge in [0.15, 0.2) is 5.82 Å². The second-order valence-corrected chi connectivity index (χ2v) is 6.36. The van der Waals surface area contributed by atoms with Crippen molar-refractivity contribution in [3.63, 3.8) is 0 Å². The lowest BCUT2D eigenvalue weighted by Gasteiger charge is -2.04. The average molecular weight is 374 g/mol. The molecule has 0 saturated carbocycles. The highest BCUT2D eigenvalue weighted by atomic mass is 32.1. The van der Waals surface area contributed by atoms with Crippen LogP contribution in [0, 0.1) is 4.77 Å². The molecule has 1 heterocycles. The van der Waals surface area contributed by atoms with Gasteiger partial charge >= 0.3 is 0 Å². The lowest BCUT2D eigenvalue weighted by Crippen LogP contribution is -1.96. The minimum absolute atomic E-state index is 0.441. The Morgan fingerprint density at radius 3 is 2.63 bits per heavy atom. The molecule has 0 aliphatic rings. The fourth-order valence-electron chi connectivity index (χ4n) is 2.87. The molecule has 0 saturated heterocycles. The van der Waals surface area contributed by atoms with Gasteiger partial charge in [-0.15, -0.1) is 0 Å². The molecular weight excluding hydrogens is 356 g/mol. The number of ether oxygens (including phenoxy) is 1. The smallest absolute Gasteiger partial charge is 0.216 e. The molecule has 4 rings (SSSR count). The van der Waals surface area contributed by atoms with Gasteiger partial charge in [0, 0.05) is 5.56 Å². The number of hydrogen-bond donors (Lipinski definition) is 1. The predicted molar refractivity (Wildman–Crippen MR) is 111 cm³/mol. The van der Waals surface area contributed by atoms with Crippen LogP contribution < -0.4 is 4.74 Å². The van der Waals surface area contributed by atoms with Crippen molar-refractivity contribution >= 4 is 29.2 Å². The molecule has 0 bridgehead atoms. The summed E-state index contributed by atoms with van der Waals surface area (Å²) in [6.45, 7) is 2.59. The Labute approximate surface area is 161 Å². The Hall–Kier alpha value is -3.25. The van der Waals surface area contributed by atoms with Gasteiger partial charge in [-0.2, -0.15) is 14.9 Å². The Morgan fingerprint density at radius 2 is 1.85 bits per heavy atom. The van der Waals surface area contributed by atoms with E-state index in [-0.39, 0.29) is 0 Å². The standard InChI is InChI=1S/C21H18N4OS/c1-2-26-19-11-9-17(10-12-19)20-23-24-21(27)25(20)22-14-15-7-8-16-5-3-4-6-18(16)13-15/h3-14H,2H2,1H3,(H,24,27)/b22-14-. The largest absolute Gasteiger partial charge is 0.494 e. The van der Waals surface area contributed by atoms with Crippen molar-refractivity contribution in [3.8, 4) is 17.1 Å². The molecule has 134 valence electrons. The molecule has 0 spiro atoms. The van der Waals surface area contributed by atoms with Gasteiger partial charge in [0.2, 0.25) is 4.77 Å². The topological polar surface area (TPSA) is 55.2 Å². The van der Waals surface area contributed by atoms with Crippen LogP contribution in [0.3, 0.4) is 0 Å². The van der Waals surface area contributed by atoms with Crippen molar-refractivity contribution in [1.29, 1.82) is 0 Å². The van der Waals surface area contributed by atoms with E-state index in [1.54, 1.807) is 10.9 Å². The molecule has 0 unspecified atom stereocenters. The van der Waals surface area contributed by atoms with E-state index in [9.17, 15) is 0 Å². The fraction of sp³-hybridized carbons (Fsp3) is 0.0952. The summed E-state index contributed by atoms with van der Waals surface area (Å²) in [4.78, 5) is 0. The summed E-state index contributed by atoms with van der Waals surface area (Å²) in [6, 6.07) is 22.2. The number of aromatic amines is 1. The summed E-state index contributed by atoms with van der Waals surface area (Å²) in [5.74, 6) is 1.47. The first-order valence-electron chi connectivity index (χ1n) is 8.68. The first kappa shape index (κ1) is 17.2. The maximum atomic E-state index is 5.49. The van der Waals surface area contributed by atoms with Gasteiger partial charge in [-0.1, -0.05) is 36.4 Å². The molecule has 6 heteroatoms. The molecule has 0 atom stereocenters. The maximum absolute atomic E-state index is 5.49. The van der Waals surface area contributed by atoms with Gasteiger partial charge < -0.3 is 4.74 Å². The Kier molecular flexibility index (Phi) is 4.80. The van der Waals surface area contributed by atoms with Crippen LogP contribution in [-0.2, 0) is 0 Å². The minimum atomic E-state index is 0.441. The van der Waals surface area contributed by atoms with Crippen LogP contribution in [0.15, 0.2) is 71.8 Å². The van der Waals surface area contributed by atoms with E-state index >= 15 is 0 Å². The van der Waals surface area contributed by atoms with Gasteiger partial charge in [0.25, 0.3) is 0 Å². The van der Waals surface area contributed by atoms with Crippen LogP contribution in [0.4, 0.5) is 0 Å². The summed E-state index contributed by atoms with van der Waals surface area (Å²) in [7, 11) is 0. The van der Waals surface area contributed by atoms with Gasteiger partial charge in [0.05, 0.1) is 12.8 Å². The highest BCUT2D eigenvalue weighted by molar-refractivity contribution is 7.71. The Balaban J connectivity index is 1.66. The third-order valence-corrected chi connectivity index (χ3v) is 4.43. The Morgan fingerprint density at radius 1 is 1.07 bits per heavy atom. The molecule has 3 aromatic carbocycles. The predicted octanol–water partition coefficient (Wildman–Crippen LogP) is 5.04. The van der Waals surface area contributed by atoms with E-state index in [0.29, 0.717) is 17.2 Å². The molecule has 1 aromatic heterocycles. The minimum Gasteiger partial charge on any atom is -0.494 e.